The van der Waals surface area contributed by atoms with Gasteiger partial charge in [0.2, 0.25) is 0 Å². The third kappa shape index (κ3) is 2.90. The molecule has 0 aliphatic carbocycles. The number of aromatic carboxylic acids is 1. The molecule has 2 nitrogen and oxygen atoms in total. The lowest BCUT2D eigenvalue weighted by molar-refractivity contribution is 0.0697. The number of halogens is 1. The summed E-state index contributed by atoms with van der Waals surface area (Å²) in [4.78, 5) is 10.8. The first kappa shape index (κ1) is 12.7. The largest absolute Gasteiger partial charge is 0.478 e. The first-order valence-corrected chi connectivity index (χ1v) is 6.01. The Morgan fingerprint density at radius 3 is 2.28 bits per heavy atom. The van der Waals surface area contributed by atoms with Crippen LogP contribution in [0.5, 0.6) is 0 Å². The summed E-state index contributed by atoms with van der Waals surface area (Å²) >= 11 is 5.94. The summed E-state index contributed by atoms with van der Waals surface area (Å²) in [5.41, 5.74) is 3.55. The molecule has 0 aromatic heterocycles. The topological polar surface area (TPSA) is 37.3 Å². The Morgan fingerprint density at radius 1 is 1.11 bits per heavy atom. The van der Waals surface area contributed by atoms with E-state index in [-0.39, 0.29) is 10.6 Å². The Labute approximate surface area is 111 Å². The van der Waals surface area contributed by atoms with E-state index in [4.69, 9.17) is 16.7 Å². The van der Waals surface area contributed by atoms with Crippen LogP contribution < -0.4 is 0 Å². The molecule has 0 spiro atoms. The average molecular weight is 261 g/mol. The van der Waals surface area contributed by atoms with Crippen LogP contribution in [-0.2, 0) is 6.42 Å². The third-order valence-electron chi connectivity index (χ3n) is 2.79. The van der Waals surface area contributed by atoms with Crippen molar-refractivity contribution in [1.29, 1.82) is 0 Å². The van der Waals surface area contributed by atoms with Crippen LogP contribution >= 0.6 is 11.6 Å². The van der Waals surface area contributed by atoms with Gasteiger partial charge < -0.3 is 5.11 Å². The highest BCUT2D eigenvalue weighted by Gasteiger charge is 2.08. The van der Waals surface area contributed by atoms with Gasteiger partial charge in [-0.05, 0) is 36.6 Å². The normalized spacial score (nSPS) is 10.3. The molecule has 0 unspecified atom stereocenters. The van der Waals surface area contributed by atoms with Gasteiger partial charge >= 0.3 is 5.97 Å². The van der Waals surface area contributed by atoms with Crippen LogP contribution in [-0.4, -0.2) is 11.1 Å². The lowest BCUT2D eigenvalue weighted by atomic mass is 10.0. The smallest absolute Gasteiger partial charge is 0.337 e. The van der Waals surface area contributed by atoms with Crippen molar-refractivity contribution in [3.8, 4) is 0 Å². The van der Waals surface area contributed by atoms with E-state index in [1.807, 2.05) is 6.92 Å². The maximum Gasteiger partial charge on any atom is 0.337 e. The molecular weight excluding hydrogens is 248 g/mol. The summed E-state index contributed by atoms with van der Waals surface area (Å²) in [5.74, 6) is -0.998. The van der Waals surface area contributed by atoms with Gasteiger partial charge in [0, 0.05) is 0 Å². The van der Waals surface area contributed by atoms with Crippen molar-refractivity contribution >= 4 is 17.6 Å². The molecule has 0 atom stereocenters. The maximum atomic E-state index is 10.8. The highest BCUT2D eigenvalue weighted by molar-refractivity contribution is 6.33. The van der Waals surface area contributed by atoms with Crippen molar-refractivity contribution < 1.29 is 9.90 Å². The fourth-order valence-corrected chi connectivity index (χ4v) is 2.07. The Hall–Kier alpha value is -1.80. The zero-order valence-corrected chi connectivity index (χ0v) is 10.7. The Kier molecular flexibility index (Phi) is 3.68. The van der Waals surface area contributed by atoms with E-state index >= 15 is 0 Å². The second kappa shape index (κ2) is 5.23. The van der Waals surface area contributed by atoms with Crippen LogP contribution in [0.15, 0.2) is 42.5 Å². The maximum absolute atomic E-state index is 10.8. The lowest BCUT2D eigenvalue weighted by Crippen LogP contribution is -1.98. The van der Waals surface area contributed by atoms with Gasteiger partial charge in [-0.25, -0.2) is 4.79 Å². The van der Waals surface area contributed by atoms with Crippen LogP contribution in [0.2, 0.25) is 5.02 Å². The fourth-order valence-electron chi connectivity index (χ4n) is 1.78. The lowest BCUT2D eigenvalue weighted by Gasteiger charge is -2.05. The third-order valence-corrected chi connectivity index (χ3v) is 3.11. The summed E-state index contributed by atoms with van der Waals surface area (Å²) in [6.45, 7) is 2.04. The monoisotopic (exact) mass is 260 g/mol. The minimum atomic E-state index is -0.998. The number of hydrogen-bond acceptors (Lipinski definition) is 1. The first-order chi connectivity index (χ1) is 8.56. The SMILES string of the molecule is Cc1ccc(Cc2ccc(C(=O)O)c(Cl)c2)cc1. The Bertz CT molecular complexity index is 574. The molecule has 0 amide bonds. The minimum Gasteiger partial charge on any atom is -0.478 e. The molecule has 0 saturated heterocycles. The molecule has 2 aromatic rings. The van der Waals surface area contributed by atoms with E-state index in [9.17, 15) is 4.79 Å². The number of aryl methyl sites for hydroxylation is 1. The second-order valence-electron chi connectivity index (χ2n) is 4.28. The number of benzene rings is 2. The highest BCUT2D eigenvalue weighted by atomic mass is 35.5. The van der Waals surface area contributed by atoms with Gasteiger partial charge in [0.05, 0.1) is 10.6 Å². The van der Waals surface area contributed by atoms with Crippen LogP contribution in [0.3, 0.4) is 0 Å². The van der Waals surface area contributed by atoms with Crippen molar-refractivity contribution in [3.63, 3.8) is 0 Å². The summed E-state index contributed by atoms with van der Waals surface area (Å²) in [7, 11) is 0. The molecule has 0 fully saturated rings. The van der Waals surface area contributed by atoms with Gasteiger partial charge in [-0.15, -0.1) is 0 Å². The van der Waals surface area contributed by atoms with E-state index in [0.29, 0.717) is 0 Å². The number of hydrogen-bond donors (Lipinski definition) is 1. The zero-order chi connectivity index (χ0) is 13.1. The predicted octanol–water partition coefficient (Wildman–Crippen LogP) is 3.94. The van der Waals surface area contributed by atoms with Crippen molar-refractivity contribution in [3.05, 3.63) is 69.7 Å². The van der Waals surface area contributed by atoms with E-state index in [2.05, 4.69) is 24.3 Å². The summed E-state index contributed by atoms with van der Waals surface area (Å²) in [6.07, 6.45) is 0.750. The molecule has 1 N–H and O–H groups in total. The van der Waals surface area contributed by atoms with Crippen LogP contribution in [0.25, 0.3) is 0 Å². The molecule has 3 heteroatoms. The molecule has 92 valence electrons. The quantitative estimate of drug-likeness (QED) is 0.908. The van der Waals surface area contributed by atoms with Gasteiger partial charge in [-0.2, -0.15) is 0 Å². The highest BCUT2D eigenvalue weighted by Crippen LogP contribution is 2.20. The number of carboxylic acids is 1. The molecule has 18 heavy (non-hydrogen) atoms. The van der Waals surface area contributed by atoms with Crippen LogP contribution in [0, 0.1) is 6.92 Å². The Balaban J connectivity index is 2.22. The van der Waals surface area contributed by atoms with Crippen molar-refractivity contribution in [2.75, 3.05) is 0 Å². The summed E-state index contributed by atoms with van der Waals surface area (Å²) in [5, 5.41) is 9.18. The molecular formula is C15H13ClO2. The van der Waals surface area contributed by atoms with Crippen molar-refractivity contribution in [2.45, 2.75) is 13.3 Å². The summed E-state index contributed by atoms with van der Waals surface area (Å²) in [6, 6.07) is 13.3. The van der Waals surface area contributed by atoms with Crippen LogP contribution in [0.1, 0.15) is 27.0 Å². The average Bonchev–Trinajstić information content (AvgIpc) is 2.32. The first-order valence-electron chi connectivity index (χ1n) is 5.63. The second-order valence-corrected chi connectivity index (χ2v) is 4.69. The molecule has 0 aliphatic heterocycles. The van der Waals surface area contributed by atoms with Gasteiger partial charge in [0.1, 0.15) is 0 Å². The molecule has 0 bridgehead atoms. The number of carboxylic acid groups (broad SMARTS) is 1. The molecule has 2 rings (SSSR count). The molecule has 0 heterocycles. The number of rotatable bonds is 3. The molecule has 0 radical (unpaired) electrons. The van der Waals surface area contributed by atoms with E-state index < -0.39 is 5.97 Å². The van der Waals surface area contributed by atoms with Gasteiger partial charge in [-0.1, -0.05) is 47.5 Å². The predicted molar refractivity (Wildman–Crippen MR) is 72.4 cm³/mol. The molecule has 0 saturated carbocycles. The zero-order valence-electron chi connectivity index (χ0n) is 9.98. The van der Waals surface area contributed by atoms with Crippen molar-refractivity contribution in [1.82, 2.24) is 0 Å². The standard InChI is InChI=1S/C15H13ClO2/c1-10-2-4-11(5-3-10)8-12-6-7-13(15(17)18)14(16)9-12/h2-7,9H,8H2,1H3,(H,17,18). The van der Waals surface area contributed by atoms with Gasteiger partial charge in [0.15, 0.2) is 0 Å². The van der Waals surface area contributed by atoms with E-state index in [1.54, 1.807) is 18.2 Å². The summed E-state index contributed by atoms with van der Waals surface area (Å²) < 4.78 is 0. The van der Waals surface area contributed by atoms with Crippen molar-refractivity contribution in [2.24, 2.45) is 0 Å². The van der Waals surface area contributed by atoms with Gasteiger partial charge in [-0.3, -0.25) is 0 Å². The van der Waals surface area contributed by atoms with E-state index in [1.165, 1.54) is 11.1 Å². The van der Waals surface area contributed by atoms with Crippen LogP contribution in [0.4, 0.5) is 0 Å². The molecule has 0 aliphatic rings. The molecule has 2 aromatic carbocycles. The number of carbonyl (C=O) groups is 1. The Morgan fingerprint density at radius 2 is 1.72 bits per heavy atom. The van der Waals surface area contributed by atoms with E-state index in [0.717, 1.165) is 12.0 Å². The fraction of sp³-hybridized carbons (Fsp3) is 0.133. The van der Waals surface area contributed by atoms with Gasteiger partial charge in [0.25, 0.3) is 0 Å². The minimum absolute atomic E-state index is 0.143.